The molecule has 31 heavy (non-hydrogen) atoms. The fourth-order valence-corrected chi connectivity index (χ4v) is 3.83. The van der Waals surface area contributed by atoms with Crippen molar-refractivity contribution in [2.45, 2.75) is 19.6 Å². The molecule has 1 aliphatic heterocycles. The lowest BCUT2D eigenvalue weighted by molar-refractivity contribution is 0.306. The molecule has 0 saturated heterocycles. The van der Waals surface area contributed by atoms with Gasteiger partial charge in [-0.2, -0.15) is 10.2 Å². The third-order valence-corrected chi connectivity index (χ3v) is 5.48. The summed E-state index contributed by atoms with van der Waals surface area (Å²) in [4.78, 5) is 6.54. The molecule has 152 valence electrons. The lowest BCUT2D eigenvalue weighted by Gasteiger charge is -2.28. The molecule has 0 amide bonds. The number of oxazole rings is 1. The number of nitrogens with zero attached hydrogens (tertiary/aromatic N) is 3. The Bertz CT molecular complexity index is 1220. The Morgan fingerprint density at radius 3 is 2.45 bits per heavy atom. The second-order valence-electron chi connectivity index (χ2n) is 7.52. The molecule has 0 spiro atoms. The molecule has 2 heterocycles. The van der Waals surface area contributed by atoms with Crippen LogP contribution in [0.4, 0.5) is 5.88 Å². The Morgan fingerprint density at radius 2 is 1.68 bits per heavy atom. The fraction of sp³-hybridized carbons (Fsp3) is 0.154. The maximum Gasteiger partial charge on any atom is 0.235 e. The van der Waals surface area contributed by atoms with Gasteiger partial charge in [0, 0.05) is 18.7 Å². The summed E-state index contributed by atoms with van der Waals surface area (Å²) in [5.41, 5.74) is 4.86. The van der Waals surface area contributed by atoms with Gasteiger partial charge < -0.3 is 14.1 Å². The summed E-state index contributed by atoms with van der Waals surface area (Å²) in [5.74, 6) is 1.75. The molecule has 5 rings (SSSR count). The van der Waals surface area contributed by atoms with Gasteiger partial charge in [-0.25, -0.2) is 0 Å². The predicted molar refractivity (Wildman–Crippen MR) is 119 cm³/mol. The summed E-state index contributed by atoms with van der Waals surface area (Å²) in [5, 5.41) is 9.61. The van der Waals surface area contributed by atoms with Crippen LogP contribution < -0.4 is 9.64 Å². The number of rotatable bonds is 5. The first-order chi connectivity index (χ1) is 15.3. The normalized spacial score (nSPS) is 12.8. The third kappa shape index (κ3) is 4.01. The Labute approximate surface area is 181 Å². The summed E-state index contributed by atoms with van der Waals surface area (Å²) < 4.78 is 11.9. The van der Waals surface area contributed by atoms with Gasteiger partial charge in [-0.1, -0.05) is 54.6 Å². The van der Waals surface area contributed by atoms with Crippen LogP contribution in [0.1, 0.15) is 22.4 Å². The van der Waals surface area contributed by atoms with Crippen LogP contribution in [0.3, 0.4) is 0 Å². The van der Waals surface area contributed by atoms with E-state index in [0.717, 1.165) is 29.8 Å². The van der Waals surface area contributed by atoms with E-state index in [4.69, 9.17) is 9.15 Å². The van der Waals surface area contributed by atoms with Crippen molar-refractivity contribution in [3.05, 3.63) is 101 Å². The first-order valence-corrected chi connectivity index (χ1v) is 10.3. The highest BCUT2D eigenvalue weighted by Crippen LogP contribution is 2.32. The average Bonchev–Trinajstić information content (AvgIpc) is 3.28. The van der Waals surface area contributed by atoms with Gasteiger partial charge in [-0.05, 0) is 47.4 Å². The lowest BCUT2D eigenvalue weighted by atomic mass is 10.00. The van der Waals surface area contributed by atoms with Crippen molar-refractivity contribution < 1.29 is 9.15 Å². The number of anilines is 1. The zero-order valence-corrected chi connectivity index (χ0v) is 17.0. The molecule has 0 aliphatic carbocycles. The van der Waals surface area contributed by atoms with Crippen LogP contribution in [0, 0.1) is 11.3 Å². The molecule has 4 aromatic rings. The molecule has 3 aromatic carbocycles. The number of hydrogen-bond donors (Lipinski definition) is 0. The number of aromatic nitrogens is 1. The molecule has 5 heteroatoms. The number of hydrogen-bond acceptors (Lipinski definition) is 5. The highest BCUT2D eigenvalue weighted by molar-refractivity contribution is 5.61. The molecule has 0 N–H and O–H groups in total. The van der Waals surface area contributed by atoms with E-state index in [2.05, 4.69) is 34.2 Å². The number of ether oxygens (including phenoxy) is 1. The van der Waals surface area contributed by atoms with Crippen molar-refractivity contribution in [2.75, 3.05) is 11.4 Å². The average molecular weight is 407 g/mol. The molecule has 1 aromatic heterocycles. The molecule has 0 saturated carbocycles. The highest BCUT2D eigenvalue weighted by atomic mass is 16.5. The fourth-order valence-electron chi connectivity index (χ4n) is 3.83. The molecule has 0 fully saturated rings. The Balaban J connectivity index is 1.33. The lowest BCUT2D eigenvalue weighted by Crippen LogP contribution is -2.30. The van der Waals surface area contributed by atoms with Gasteiger partial charge in [0.25, 0.3) is 0 Å². The van der Waals surface area contributed by atoms with E-state index in [1.807, 2.05) is 60.7 Å². The maximum absolute atomic E-state index is 9.61. The second kappa shape index (κ2) is 8.37. The van der Waals surface area contributed by atoms with Crippen molar-refractivity contribution in [1.29, 1.82) is 5.26 Å². The van der Waals surface area contributed by atoms with Gasteiger partial charge in [0.05, 0.1) is 0 Å². The van der Waals surface area contributed by atoms with Crippen LogP contribution in [-0.4, -0.2) is 11.5 Å². The van der Waals surface area contributed by atoms with Crippen molar-refractivity contribution in [1.82, 2.24) is 4.98 Å². The van der Waals surface area contributed by atoms with Crippen LogP contribution in [0.5, 0.6) is 5.75 Å². The standard InChI is InChI=1S/C26H21N3O2/c27-16-24-26(29-15-14-20-8-4-5-9-22(20)17-29)31-25(28-24)21-10-12-23(13-11-21)30-18-19-6-2-1-3-7-19/h1-13H,14-15,17-18H2. The Hall–Kier alpha value is -4.04. The summed E-state index contributed by atoms with van der Waals surface area (Å²) in [6.07, 6.45) is 0.921. The smallest absolute Gasteiger partial charge is 0.235 e. The monoisotopic (exact) mass is 407 g/mol. The first kappa shape index (κ1) is 19.0. The van der Waals surface area contributed by atoms with Gasteiger partial charge >= 0.3 is 0 Å². The third-order valence-electron chi connectivity index (χ3n) is 5.48. The molecule has 0 radical (unpaired) electrons. The summed E-state index contributed by atoms with van der Waals surface area (Å²) >= 11 is 0. The Morgan fingerprint density at radius 1 is 0.935 bits per heavy atom. The number of fused-ring (bicyclic) bond motifs is 1. The van der Waals surface area contributed by atoms with Crippen LogP contribution in [0.2, 0.25) is 0 Å². The molecular formula is C26H21N3O2. The van der Waals surface area contributed by atoms with Gasteiger partial charge in [0.1, 0.15) is 18.4 Å². The van der Waals surface area contributed by atoms with E-state index >= 15 is 0 Å². The van der Waals surface area contributed by atoms with Crippen molar-refractivity contribution >= 4 is 5.88 Å². The van der Waals surface area contributed by atoms with E-state index in [9.17, 15) is 5.26 Å². The zero-order chi connectivity index (χ0) is 21.0. The minimum absolute atomic E-state index is 0.318. The predicted octanol–water partition coefficient (Wildman–Crippen LogP) is 5.35. The summed E-state index contributed by atoms with van der Waals surface area (Å²) in [6.45, 7) is 2.02. The molecule has 0 bridgehead atoms. The first-order valence-electron chi connectivity index (χ1n) is 10.3. The van der Waals surface area contributed by atoms with Crippen molar-refractivity contribution in [2.24, 2.45) is 0 Å². The topological polar surface area (TPSA) is 62.3 Å². The molecular weight excluding hydrogens is 386 g/mol. The molecule has 0 atom stereocenters. The molecule has 1 aliphatic rings. The van der Waals surface area contributed by atoms with Gasteiger partial charge in [-0.15, -0.1) is 0 Å². The number of nitriles is 1. The highest BCUT2D eigenvalue weighted by Gasteiger charge is 2.24. The zero-order valence-electron chi connectivity index (χ0n) is 17.0. The summed E-state index contributed by atoms with van der Waals surface area (Å²) in [6, 6.07) is 28.2. The quantitative estimate of drug-likeness (QED) is 0.446. The van der Waals surface area contributed by atoms with E-state index in [1.54, 1.807) is 0 Å². The molecule has 0 unspecified atom stereocenters. The van der Waals surface area contributed by atoms with E-state index in [1.165, 1.54) is 11.1 Å². The maximum atomic E-state index is 9.61. The van der Waals surface area contributed by atoms with Crippen molar-refractivity contribution in [3.8, 4) is 23.3 Å². The van der Waals surface area contributed by atoms with Crippen LogP contribution in [0.15, 0.2) is 83.3 Å². The van der Waals surface area contributed by atoms with E-state index in [-0.39, 0.29) is 0 Å². The largest absolute Gasteiger partial charge is 0.489 e. The molecule has 5 nitrogen and oxygen atoms in total. The summed E-state index contributed by atoms with van der Waals surface area (Å²) in [7, 11) is 0. The van der Waals surface area contributed by atoms with E-state index < -0.39 is 0 Å². The minimum atomic E-state index is 0.318. The second-order valence-corrected chi connectivity index (χ2v) is 7.52. The van der Waals surface area contributed by atoms with Crippen LogP contribution in [0.25, 0.3) is 11.5 Å². The van der Waals surface area contributed by atoms with E-state index in [0.29, 0.717) is 30.6 Å². The van der Waals surface area contributed by atoms with Gasteiger partial charge in [0.15, 0.2) is 0 Å². The van der Waals surface area contributed by atoms with Crippen molar-refractivity contribution in [3.63, 3.8) is 0 Å². The van der Waals surface area contributed by atoms with Gasteiger partial charge in [-0.3, -0.25) is 0 Å². The van der Waals surface area contributed by atoms with Crippen LogP contribution in [-0.2, 0) is 19.6 Å². The Kier molecular flexibility index (Phi) is 5.12. The minimum Gasteiger partial charge on any atom is -0.489 e. The van der Waals surface area contributed by atoms with Crippen LogP contribution >= 0.6 is 0 Å². The van der Waals surface area contributed by atoms with Gasteiger partial charge in [0.2, 0.25) is 17.5 Å². The SMILES string of the molecule is N#Cc1nc(-c2ccc(OCc3ccccc3)cc2)oc1N1CCc2ccccc2C1. The number of benzene rings is 3.